The number of hydrogen-bond acceptors (Lipinski definition) is 5. The number of hydrogen-bond donors (Lipinski definition) is 0. The third-order valence-corrected chi connectivity index (χ3v) is 5.28. The first-order chi connectivity index (χ1) is 10.3. The van der Waals surface area contributed by atoms with E-state index < -0.39 is 0 Å². The topological polar surface area (TPSA) is 54.5 Å². The molecule has 0 aromatic rings. The minimum absolute atomic E-state index is 0.0348. The number of nitrogens with zero attached hydrogens (tertiary/aromatic N) is 1. The van der Waals surface area contributed by atoms with E-state index in [1.165, 1.54) is 30.8 Å². The van der Waals surface area contributed by atoms with Gasteiger partial charge in [-0.25, -0.2) is 3.71 Å². The van der Waals surface area contributed by atoms with E-state index in [1.807, 2.05) is 0 Å². The van der Waals surface area contributed by atoms with Crippen molar-refractivity contribution < 1.29 is 14.4 Å². The molecule has 124 valence electrons. The van der Waals surface area contributed by atoms with Crippen molar-refractivity contribution in [2.24, 2.45) is 0 Å². The Hall–Kier alpha value is -1.01. The number of Topliss-reactive ketones (excluding diaryl/α,β-unsaturated/α-hetero) is 2. The van der Waals surface area contributed by atoms with Crippen LogP contribution >= 0.6 is 23.9 Å². The predicted molar refractivity (Wildman–Crippen MR) is 95.5 cm³/mol. The Morgan fingerprint density at radius 2 is 1.18 bits per heavy atom. The van der Waals surface area contributed by atoms with Gasteiger partial charge in [-0.2, -0.15) is 0 Å². The van der Waals surface area contributed by atoms with Crippen LogP contribution in [0, 0.1) is 0 Å². The molecule has 0 N–H and O–H groups in total. The summed E-state index contributed by atoms with van der Waals surface area (Å²) in [4.78, 5) is 34.4. The van der Waals surface area contributed by atoms with E-state index in [1.54, 1.807) is 17.6 Å². The molecule has 0 aliphatic heterocycles. The Kier molecular flexibility index (Phi) is 11.0. The van der Waals surface area contributed by atoms with Gasteiger partial charge in [0.2, 0.25) is 5.91 Å². The highest BCUT2D eigenvalue weighted by atomic mass is 32.2. The van der Waals surface area contributed by atoms with E-state index in [0.29, 0.717) is 35.5 Å². The van der Waals surface area contributed by atoms with Crippen LogP contribution < -0.4 is 0 Å². The van der Waals surface area contributed by atoms with Crippen LogP contribution in [0.3, 0.4) is 0 Å². The maximum Gasteiger partial charge on any atom is 0.239 e. The van der Waals surface area contributed by atoms with Crippen LogP contribution in [0.5, 0.6) is 0 Å². The second-order valence-corrected chi connectivity index (χ2v) is 7.35. The Bertz CT molecular complexity index is 413. The summed E-state index contributed by atoms with van der Waals surface area (Å²) < 4.78 is 1.62. The Labute approximate surface area is 142 Å². The molecule has 6 heteroatoms. The van der Waals surface area contributed by atoms with Crippen molar-refractivity contribution in [2.75, 3.05) is 11.5 Å². The highest BCUT2D eigenvalue weighted by Crippen LogP contribution is 2.24. The van der Waals surface area contributed by atoms with E-state index in [0.717, 1.165) is 12.8 Å². The first-order valence-electron chi connectivity index (χ1n) is 7.19. The van der Waals surface area contributed by atoms with Gasteiger partial charge in [0, 0.05) is 31.3 Å². The largest absolute Gasteiger partial charge is 0.295 e. The molecule has 4 nitrogen and oxygen atoms in total. The molecule has 0 fully saturated rings. The van der Waals surface area contributed by atoms with E-state index in [2.05, 4.69) is 13.2 Å². The van der Waals surface area contributed by atoms with E-state index in [4.69, 9.17) is 0 Å². The van der Waals surface area contributed by atoms with Crippen LogP contribution in [0.15, 0.2) is 24.3 Å². The molecule has 0 aromatic carbocycles. The lowest BCUT2D eigenvalue weighted by atomic mass is 10.1. The lowest BCUT2D eigenvalue weighted by Gasteiger charge is -2.17. The molecular weight excluding hydrogens is 318 g/mol. The number of carbonyl (C=O) groups is 3. The molecule has 0 aromatic heterocycles. The summed E-state index contributed by atoms with van der Waals surface area (Å²) in [6, 6.07) is 0. The lowest BCUT2D eigenvalue weighted by Crippen LogP contribution is -2.15. The summed E-state index contributed by atoms with van der Waals surface area (Å²) in [5.74, 6) is 1.52. The van der Waals surface area contributed by atoms with Gasteiger partial charge in [0.25, 0.3) is 0 Å². The standard InChI is InChI=1S/C16H25NO3S2/c1-12(2)15(19)8-6-10-21-17(14(5)18)22-11-7-9-16(20)13(3)4/h1,3,6-11H2,2,4-5H3. The molecular formula is C16H25NO3S2. The molecule has 0 saturated heterocycles. The minimum atomic E-state index is -0.0348. The van der Waals surface area contributed by atoms with Crippen LogP contribution in [0.4, 0.5) is 0 Å². The summed E-state index contributed by atoms with van der Waals surface area (Å²) in [6.45, 7) is 12.2. The zero-order valence-corrected chi connectivity index (χ0v) is 15.3. The molecule has 0 unspecified atom stereocenters. The molecule has 0 spiro atoms. The molecule has 0 heterocycles. The maximum atomic E-state index is 11.5. The number of ketones is 2. The van der Waals surface area contributed by atoms with E-state index in [9.17, 15) is 14.4 Å². The monoisotopic (exact) mass is 343 g/mol. The van der Waals surface area contributed by atoms with Crippen molar-refractivity contribution in [3.8, 4) is 0 Å². The van der Waals surface area contributed by atoms with Crippen LogP contribution in [0.25, 0.3) is 0 Å². The van der Waals surface area contributed by atoms with Crippen molar-refractivity contribution in [1.29, 1.82) is 0 Å². The highest BCUT2D eigenvalue weighted by Gasteiger charge is 2.11. The quantitative estimate of drug-likeness (QED) is 0.305. The van der Waals surface area contributed by atoms with Gasteiger partial charge < -0.3 is 0 Å². The molecule has 0 rings (SSSR count). The number of allylic oxidation sites excluding steroid dienone is 2. The first-order valence-corrected chi connectivity index (χ1v) is 9.08. The van der Waals surface area contributed by atoms with Crippen LogP contribution in [-0.4, -0.2) is 32.7 Å². The van der Waals surface area contributed by atoms with Crippen LogP contribution in [-0.2, 0) is 14.4 Å². The van der Waals surface area contributed by atoms with Gasteiger partial charge in [0.05, 0.1) is 0 Å². The van der Waals surface area contributed by atoms with Crippen molar-refractivity contribution in [2.45, 2.75) is 46.5 Å². The zero-order valence-electron chi connectivity index (χ0n) is 13.6. The Morgan fingerprint density at radius 1 is 0.818 bits per heavy atom. The summed E-state index contributed by atoms with van der Waals surface area (Å²) in [6.07, 6.45) is 2.36. The Morgan fingerprint density at radius 3 is 1.45 bits per heavy atom. The molecule has 1 amide bonds. The first kappa shape index (κ1) is 21.0. The third kappa shape index (κ3) is 9.84. The highest BCUT2D eigenvalue weighted by molar-refractivity contribution is 8.12. The number of rotatable bonds is 12. The molecule has 0 bridgehead atoms. The molecule has 0 radical (unpaired) electrons. The van der Waals surface area contributed by atoms with E-state index in [-0.39, 0.29) is 17.5 Å². The zero-order chi connectivity index (χ0) is 17.1. The fourth-order valence-corrected chi connectivity index (χ4v) is 3.39. The summed E-state index contributed by atoms with van der Waals surface area (Å²) in [5, 5.41) is 0. The Balaban J connectivity index is 3.95. The predicted octanol–water partition coefficient (Wildman–Crippen LogP) is 3.98. The van der Waals surface area contributed by atoms with Gasteiger partial charge >= 0.3 is 0 Å². The average Bonchev–Trinajstić information content (AvgIpc) is 2.44. The molecule has 0 saturated carbocycles. The van der Waals surface area contributed by atoms with Crippen molar-refractivity contribution in [1.82, 2.24) is 3.71 Å². The summed E-state index contributed by atoms with van der Waals surface area (Å²) in [7, 11) is 0. The SMILES string of the molecule is C=C(C)C(=O)CCCSN(SCCCC(=O)C(=C)C)C(C)=O. The second kappa shape index (κ2) is 11.5. The number of carbonyl (C=O) groups excluding carboxylic acids is 3. The van der Waals surface area contributed by atoms with Gasteiger partial charge in [0.15, 0.2) is 11.6 Å². The average molecular weight is 344 g/mol. The van der Waals surface area contributed by atoms with Gasteiger partial charge in [-0.15, -0.1) is 0 Å². The normalized spacial score (nSPS) is 10.1. The minimum Gasteiger partial charge on any atom is -0.295 e. The maximum absolute atomic E-state index is 11.5. The molecule has 22 heavy (non-hydrogen) atoms. The number of amides is 1. The van der Waals surface area contributed by atoms with Gasteiger partial charge in [-0.3, -0.25) is 14.4 Å². The smallest absolute Gasteiger partial charge is 0.239 e. The fourth-order valence-electron chi connectivity index (χ4n) is 1.41. The van der Waals surface area contributed by atoms with Crippen LogP contribution in [0.1, 0.15) is 46.5 Å². The van der Waals surface area contributed by atoms with Gasteiger partial charge in [-0.05, 0) is 61.7 Å². The van der Waals surface area contributed by atoms with Crippen molar-refractivity contribution in [3.05, 3.63) is 24.3 Å². The van der Waals surface area contributed by atoms with Gasteiger partial charge in [0.1, 0.15) is 0 Å². The van der Waals surface area contributed by atoms with Gasteiger partial charge in [-0.1, -0.05) is 13.2 Å². The molecule has 0 aliphatic rings. The molecule has 0 atom stereocenters. The van der Waals surface area contributed by atoms with Crippen LogP contribution in [0.2, 0.25) is 0 Å². The lowest BCUT2D eigenvalue weighted by molar-refractivity contribution is -0.120. The summed E-state index contributed by atoms with van der Waals surface area (Å²) in [5.41, 5.74) is 1.15. The van der Waals surface area contributed by atoms with Crippen molar-refractivity contribution >= 4 is 41.4 Å². The van der Waals surface area contributed by atoms with Crippen molar-refractivity contribution in [3.63, 3.8) is 0 Å². The second-order valence-electron chi connectivity index (χ2n) is 5.06. The fraction of sp³-hybridized carbons (Fsp3) is 0.562. The van der Waals surface area contributed by atoms with E-state index >= 15 is 0 Å². The third-order valence-electron chi connectivity index (χ3n) is 2.72. The summed E-state index contributed by atoms with van der Waals surface area (Å²) >= 11 is 2.82. The molecule has 0 aliphatic carbocycles.